The maximum Gasteiger partial charge on any atom is 0.320 e. The smallest absolute Gasteiger partial charge is 0.320 e. The monoisotopic (exact) mass is 522 g/mol. The third-order valence-electron chi connectivity index (χ3n) is 8.96. The number of halogens is 1. The van der Waals surface area contributed by atoms with E-state index in [1.807, 2.05) is 0 Å². The Morgan fingerprint density at radius 2 is 1.61 bits per heavy atom. The van der Waals surface area contributed by atoms with E-state index in [1.165, 1.54) is 43.4 Å². The number of carbonyl (C=O) groups is 1. The summed E-state index contributed by atoms with van der Waals surface area (Å²) in [6, 6.07) is 18.4. The largest absolute Gasteiger partial charge is 0.480 e. The van der Waals surface area contributed by atoms with Gasteiger partial charge in [0.05, 0.1) is 11.7 Å². The Kier molecular flexibility index (Phi) is 9.13. The van der Waals surface area contributed by atoms with Crippen LogP contribution in [0.4, 0.5) is 4.39 Å². The fraction of sp³-hybridized carbons (Fsp3) is 0.594. The van der Waals surface area contributed by atoms with E-state index < -0.39 is 5.97 Å². The second-order valence-corrected chi connectivity index (χ2v) is 11.9. The molecule has 3 aliphatic heterocycles. The normalized spacial score (nSPS) is 26.1. The first-order valence-electron chi connectivity index (χ1n) is 14.6. The molecule has 0 bridgehead atoms. The first kappa shape index (κ1) is 27.3. The molecule has 3 heterocycles. The first-order chi connectivity index (χ1) is 18.5. The Morgan fingerprint density at radius 3 is 2.21 bits per heavy atom. The number of benzene rings is 2. The molecule has 5 nitrogen and oxygen atoms in total. The minimum Gasteiger partial charge on any atom is -0.480 e. The van der Waals surface area contributed by atoms with Crippen LogP contribution in [0.15, 0.2) is 60.7 Å². The zero-order valence-electron chi connectivity index (χ0n) is 22.5. The summed E-state index contributed by atoms with van der Waals surface area (Å²) >= 11 is 0. The Balaban J connectivity index is 0.000000366. The number of hydrogen-bond acceptors (Lipinski definition) is 4. The molecule has 4 aliphatic rings. The lowest BCUT2D eigenvalue weighted by Crippen LogP contribution is -2.46. The summed E-state index contributed by atoms with van der Waals surface area (Å²) in [5.74, 6) is 0.486. The van der Waals surface area contributed by atoms with Crippen LogP contribution in [0.3, 0.4) is 0 Å². The Bertz CT molecular complexity index is 1010. The Morgan fingerprint density at radius 1 is 0.921 bits per heavy atom. The van der Waals surface area contributed by atoms with Crippen LogP contribution in [0.2, 0.25) is 0 Å². The van der Waals surface area contributed by atoms with Gasteiger partial charge in [-0.05, 0) is 81.0 Å². The number of piperidine rings is 1. The highest BCUT2D eigenvalue weighted by Crippen LogP contribution is 2.40. The van der Waals surface area contributed by atoms with Crippen LogP contribution in [0.5, 0.6) is 0 Å². The van der Waals surface area contributed by atoms with Crippen molar-refractivity contribution in [2.75, 3.05) is 32.7 Å². The highest BCUT2D eigenvalue weighted by molar-refractivity contribution is 5.73. The minimum atomic E-state index is -0.615. The van der Waals surface area contributed by atoms with E-state index >= 15 is 0 Å². The molecule has 6 rings (SSSR count). The van der Waals surface area contributed by atoms with Crippen LogP contribution in [-0.2, 0) is 16.0 Å². The molecule has 0 amide bonds. The van der Waals surface area contributed by atoms with Gasteiger partial charge in [-0.15, -0.1) is 0 Å². The standard InChI is InChI=1S/C26H38N2O3.C6H5F/c29-25(30)24(17-21-6-7-21)28-13-9-22(19-28)18-27-14-11-26(12-15-27)10-8-23(31-26)16-20-4-2-1-3-5-20;7-6-4-2-1-3-5-6/h1-5,21-24H,6-19H2,(H,29,30);1-5H. The molecule has 1 saturated carbocycles. The number of hydrogen-bond donors (Lipinski definition) is 1. The first-order valence-corrected chi connectivity index (χ1v) is 14.6. The lowest BCUT2D eigenvalue weighted by atomic mass is 9.88. The maximum absolute atomic E-state index is 11.9. The van der Waals surface area contributed by atoms with Crippen LogP contribution in [0.1, 0.15) is 56.9 Å². The summed E-state index contributed by atoms with van der Waals surface area (Å²) in [7, 11) is 0. The molecule has 3 atom stereocenters. The van der Waals surface area contributed by atoms with Gasteiger partial charge in [-0.25, -0.2) is 4.39 Å². The van der Waals surface area contributed by atoms with E-state index in [-0.39, 0.29) is 17.5 Å². The predicted molar refractivity (Wildman–Crippen MR) is 148 cm³/mol. The van der Waals surface area contributed by atoms with Crippen molar-refractivity contribution < 1.29 is 19.0 Å². The third-order valence-corrected chi connectivity index (χ3v) is 8.96. The number of ether oxygens (including phenoxy) is 1. The second kappa shape index (κ2) is 12.7. The average Bonchev–Trinajstić information content (AvgIpc) is 3.50. The Hall–Kier alpha value is -2.28. The number of carboxylic acids is 1. The van der Waals surface area contributed by atoms with Crippen LogP contribution in [0.25, 0.3) is 0 Å². The van der Waals surface area contributed by atoms with Gasteiger partial charge in [-0.1, -0.05) is 61.4 Å². The molecule has 1 spiro atoms. The second-order valence-electron chi connectivity index (χ2n) is 11.9. The van der Waals surface area contributed by atoms with E-state index in [9.17, 15) is 14.3 Å². The zero-order valence-corrected chi connectivity index (χ0v) is 22.5. The van der Waals surface area contributed by atoms with E-state index in [0.717, 1.165) is 64.8 Å². The number of nitrogens with zero attached hydrogens (tertiary/aromatic N) is 2. The Labute approximate surface area is 227 Å². The van der Waals surface area contributed by atoms with Crippen molar-refractivity contribution in [1.82, 2.24) is 9.80 Å². The van der Waals surface area contributed by atoms with E-state index in [4.69, 9.17) is 4.74 Å². The van der Waals surface area contributed by atoms with Crippen molar-refractivity contribution >= 4 is 5.97 Å². The van der Waals surface area contributed by atoms with Gasteiger partial charge in [-0.3, -0.25) is 9.69 Å². The summed E-state index contributed by atoms with van der Waals surface area (Å²) in [6.07, 6.45) is 10.5. The van der Waals surface area contributed by atoms with Crippen LogP contribution < -0.4 is 0 Å². The zero-order chi connectivity index (χ0) is 26.4. The fourth-order valence-electron chi connectivity index (χ4n) is 6.58. The molecule has 3 unspecified atom stereocenters. The quantitative estimate of drug-likeness (QED) is 0.486. The molecular formula is C32H43FN2O3. The molecule has 3 saturated heterocycles. The van der Waals surface area contributed by atoms with Crippen LogP contribution >= 0.6 is 0 Å². The summed E-state index contributed by atoms with van der Waals surface area (Å²) in [5, 5.41) is 9.68. The fourth-order valence-corrected chi connectivity index (χ4v) is 6.58. The summed E-state index contributed by atoms with van der Waals surface area (Å²) < 4.78 is 18.5. The van der Waals surface area contributed by atoms with Crippen LogP contribution in [-0.4, -0.2) is 71.3 Å². The van der Waals surface area contributed by atoms with Crippen molar-refractivity contribution in [3.8, 4) is 0 Å². The van der Waals surface area contributed by atoms with Gasteiger partial charge >= 0.3 is 5.97 Å². The SMILES string of the molecule is Fc1ccccc1.O=C(O)C(CC1CC1)N1CCC(CN2CCC3(CCC(Cc4ccccc4)O3)CC2)C1. The van der Waals surface area contributed by atoms with Crippen molar-refractivity contribution in [3.05, 3.63) is 72.0 Å². The van der Waals surface area contributed by atoms with Gasteiger partial charge in [0.2, 0.25) is 0 Å². The number of rotatable bonds is 8. The van der Waals surface area contributed by atoms with Crippen molar-refractivity contribution in [2.45, 2.75) is 75.5 Å². The molecular weight excluding hydrogens is 479 g/mol. The number of carboxylic acid groups (broad SMARTS) is 1. The number of aliphatic carboxylic acids is 1. The molecule has 2 aromatic carbocycles. The molecule has 0 aromatic heterocycles. The summed E-state index contributed by atoms with van der Waals surface area (Å²) in [5.41, 5.74) is 1.49. The van der Waals surface area contributed by atoms with Gasteiger partial charge in [0.25, 0.3) is 0 Å². The van der Waals surface area contributed by atoms with Crippen LogP contribution in [0, 0.1) is 17.7 Å². The van der Waals surface area contributed by atoms with E-state index in [2.05, 4.69) is 40.1 Å². The summed E-state index contributed by atoms with van der Waals surface area (Å²) in [6.45, 7) is 5.28. The van der Waals surface area contributed by atoms with Crippen molar-refractivity contribution in [3.63, 3.8) is 0 Å². The topological polar surface area (TPSA) is 53.0 Å². The van der Waals surface area contributed by atoms with Gasteiger partial charge in [-0.2, -0.15) is 0 Å². The summed E-state index contributed by atoms with van der Waals surface area (Å²) in [4.78, 5) is 16.6. The lowest BCUT2D eigenvalue weighted by Gasteiger charge is -2.40. The van der Waals surface area contributed by atoms with E-state index in [1.54, 1.807) is 18.2 Å². The van der Waals surface area contributed by atoms with Gasteiger partial charge in [0.15, 0.2) is 0 Å². The number of likely N-dealkylation sites (tertiary alicyclic amines) is 2. The molecule has 1 aliphatic carbocycles. The maximum atomic E-state index is 11.9. The van der Waals surface area contributed by atoms with E-state index in [0.29, 0.717) is 17.9 Å². The lowest BCUT2D eigenvalue weighted by molar-refractivity contribution is -0.143. The molecule has 0 radical (unpaired) electrons. The van der Waals surface area contributed by atoms with Gasteiger partial charge in [0.1, 0.15) is 11.9 Å². The molecule has 4 fully saturated rings. The highest BCUT2D eigenvalue weighted by atomic mass is 19.1. The predicted octanol–water partition coefficient (Wildman–Crippen LogP) is 5.64. The van der Waals surface area contributed by atoms with Crippen molar-refractivity contribution in [1.29, 1.82) is 0 Å². The molecule has 1 N–H and O–H groups in total. The minimum absolute atomic E-state index is 0.107. The van der Waals surface area contributed by atoms with Gasteiger partial charge < -0.3 is 14.7 Å². The molecule has 38 heavy (non-hydrogen) atoms. The average molecular weight is 523 g/mol. The highest BCUT2D eigenvalue weighted by Gasteiger charge is 2.43. The molecule has 2 aromatic rings. The van der Waals surface area contributed by atoms with Gasteiger partial charge in [0, 0.05) is 26.2 Å². The van der Waals surface area contributed by atoms with Crippen molar-refractivity contribution in [2.24, 2.45) is 11.8 Å². The molecule has 206 valence electrons. The molecule has 6 heteroatoms. The third kappa shape index (κ3) is 7.64.